The van der Waals surface area contributed by atoms with Crippen molar-refractivity contribution in [3.05, 3.63) is 0 Å². The molecule has 10 heavy (non-hydrogen) atoms. The summed E-state index contributed by atoms with van der Waals surface area (Å²) in [4.78, 5) is 0. The van der Waals surface area contributed by atoms with E-state index < -0.39 is 0 Å². The van der Waals surface area contributed by atoms with Gasteiger partial charge in [0.15, 0.2) is 0 Å². The second-order valence-corrected chi connectivity index (χ2v) is 4.41. The summed E-state index contributed by atoms with van der Waals surface area (Å²) >= 11 is 0. The summed E-state index contributed by atoms with van der Waals surface area (Å²) in [5.74, 6) is 2.78. The summed E-state index contributed by atoms with van der Waals surface area (Å²) in [6.07, 6.45) is 8.94. The first-order valence-electron chi connectivity index (χ1n) is 3.95. The van der Waals surface area contributed by atoms with Crippen molar-refractivity contribution < 1.29 is 0 Å². The summed E-state index contributed by atoms with van der Waals surface area (Å²) in [5, 5.41) is 0. The highest BCUT2D eigenvalue weighted by Gasteiger charge is 2.50. The van der Waals surface area contributed by atoms with E-state index in [0.717, 1.165) is 6.42 Å². The molecule has 0 radical (unpaired) electrons. The fourth-order valence-electron chi connectivity index (χ4n) is 1.54. The molecule has 0 heterocycles. The second-order valence-electron chi connectivity index (χ2n) is 4.41. The zero-order valence-electron chi connectivity index (χ0n) is 7.20. The van der Waals surface area contributed by atoms with Gasteiger partial charge in [-0.05, 0) is 23.7 Å². The van der Waals surface area contributed by atoms with Crippen molar-refractivity contribution in [2.75, 3.05) is 0 Å². The monoisotopic (exact) mass is 136 g/mol. The van der Waals surface area contributed by atoms with E-state index in [2.05, 4.69) is 26.7 Å². The fraction of sp³-hybridized carbons (Fsp3) is 0.800. The maximum Gasteiger partial charge on any atom is 0.0148 e. The van der Waals surface area contributed by atoms with Gasteiger partial charge < -0.3 is 0 Å². The van der Waals surface area contributed by atoms with Crippen LogP contribution in [-0.2, 0) is 0 Å². The lowest BCUT2D eigenvalue weighted by Gasteiger charge is -2.29. The molecule has 0 heteroatoms. The van der Waals surface area contributed by atoms with Gasteiger partial charge in [-0.1, -0.05) is 20.8 Å². The Kier molecular flexibility index (Phi) is 1.55. The van der Waals surface area contributed by atoms with E-state index in [1.165, 1.54) is 12.8 Å². The van der Waals surface area contributed by atoms with E-state index in [0.29, 0.717) is 10.8 Å². The lowest BCUT2D eigenvalue weighted by molar-refractivity contribution is 0.219. The molecule has 1 fully saturated rings. The standard InChI is InChI=1S/C10H16/c1-5-6-10(7-8-10)9(2,3)4/h1H,6-8H2,2-4H3. The summed E-state index contributed by atoms with van der Waals surface area (Å²) in [6.45, 7) is 6.87. The van der Waals surface area contributed by atoms with Gasteiger partial charge in [-0.2, -0.15) is 0 Å². The average Bonchev–Trinajstić information content (AvgIpc) is 2.45. The van der Waals surface area contributed by atoms with Crippen LogP contribution < -0.4 is 0 Å². The Morgan fingerprint density at radius 1 is 1.40 bits per heavy atom. The topological polar surface area (TPSA) is 0 Å². The van der Waals surface area contributed by atoms with Gasteiger partial charge in [-0.3, -0.25) is 0 Å². The molecule has 0 atom stereocenters. The Balaban J connectivity index is 2.63. The molecule has 0 unspecified atom stereocenters. The van der Waals surface area contributed by atoms with E-state index >= 15 is 0 Å². The van der Waals surface area contributed by atoms with Gasteiger partial charge in [0.1, 0.15) is 0 Å². The number of terminal acetylenes is 1. The van der Waals surface area contributed by atoms with Crippen LogP contribution in [-0.4, -0.2) is 0 Å². The second kappa shape index (κ2) is 2.02. The zero-order chi connectivity index (χ0) is 7.83. The van der Waals surface area contributed by atoms with Gasteiger partial charge in [0.2, 0.25) is 0 Å². The highest BCUT2D eigenvalue weighted by atomic mass is 14.5. The average molecular weight is 136 g/mol. The Hall–Kier alpha value is -0.440. The summed E-state index contributed by atoms with van der Waals surface area (Å²) < 4.78 is 0. The lowest BCUT2D eigenvalue weighted by Crippen LogP contribution is -2.21. The predicted octanol–water partition coefficient (Wildman–Crippen LogP) is 2.84. The first kappa shape index (κ1) is 7.66. The molecule has 1 saturated carbocycles. The largest absolute Gasteiger partial charge is 0.120 e. The molecule has 0 nitrogen and oxygen atoms in total. The maximum atomic E-state index is 5.30. The van der Waals surface area contributed by atoms with Crippen LogP contribution in [0, 0.1) is 23.2 Å². The predicted molar refractivity (Wildman–Crippen MR) is 44.6 cm³/mol. The van der Waals surface area contributed by atoms with E-state index in [9.17, 15) is 0 Å². The van der Waals surface area contributed by atoms with Crippen LogP contribution in [0.3, 0.4) is 0 Å². The van der Waals surface area contributed by atoms with Crippen LogP contribution in [0.2, 0.25) is 0 Å². The Morgan fingerprint density at radius 2 is 1.90 bits per heavy atom. The minimum atomic E-state index is 0.416. The third-order valence-corrected chi connectivity index (χ3v) is 2.88. The minimum Gasteiger partial charge on any atom is -0.120 e. The molecular weight excluding hydrogens is 120 g/mol. The highest BCUT2D eigenvalue weighted by Crippen LogP contribution is 2.60. The maximum absolute atomic E-state index is 5.30. The van der Waals surface area contributed by atoms with Gasteiger partial charge in [-0.15, -0.1) is 12.3 Å². The molecular formula is C10H16. The molecule has 1 aliphatic carbocycles. The van der Waals surface area contributed by atoms with Crippen molar-refractivity contribution in [2.45, 2.75) is 40.0 Å². The van der Waals surface area contributed by atoms with Crippen molar-refractivity contribution in [3.63, 3.8) is 0 Å². The Labute approximate surface area is 64.0 Å². The molecule has 1 rings (SSSR count). The quantitative estimate of drug-likeness (QED) is 0.486. The van der Waals surface area contributed by atoms with Crippen molar-refractivity contribution in [1.29, 1.82) is 0 Å². The van der Waals surface area contributed by atoms with Gasteiger partial charge in [-0.25, -0.2) is 0 Å². The normalized spacial score (nSPS) is 21.8. The molecule has 0 aromatic heterocycles. The van der Waals surface area contributed by atoms with Crippen LogP contribution >= 0.6 is 0 Å². The lowest BCUT2D eigenvalue weighted by atomic mass is 9.76. The van der Waals surface area contributed by atoms with Crippen LogP contribution in [0.25, 0.3) is 0 Å². The molecule has 0 aromatic carbocycles. The minimum absolute atomic E-state index is 0.416. The molecule has 0 aliphatic heterocycles. The van der Waals surface area contributed by atoms with Crippen LogP contribution in [0.4, 0.5) is 0 Å². The number of rotatable bonds is 1. The molecule has 0 saturated heterocycles. The molecule has 1 aliphatic rings. The third-order valence-electron chi connectivity index (χ3n) is 2.88. The molecule has 0 N–H and O–H groups in total. The molecule has 0 aromatic rings. The molecule has 0 bridgehead atoms. The summed E-state index contributed by atoms with van der Waals surface area (Å²) in [5.41, 5.74) is 0.918. The number of hydrogen-bond donors (Lipinski definition) is 0. The van der Waals surface area contributed by atoms with Crippen LogP contribution in [0.15, 0.2) is 0 Å². The highest BCUT2D eigenvalue weighted by molar-refractivity contribution is 5.08. The molecule has 56 valence electrons. The molecule has 0 amide bonds. The van der Waals surface area contributed by atoms with Gasteiger partial charge in [0, 0.05) is 6.42 Å². The van der Waals surface area contributed by atoms with E-state index in [1.54, 1.807) is 0 Å². The van der Waals surface area contributed by atoms with E-state index in [4.69, 9.17) is 6.42 Å². The summed E-state index contributed by atoms with van der Waals surface area (Å²) in [7, 11) is 0. The first-order valence-corrected chi connectivity index (χ1v) is 3.95. The Bertz CT molecular complexity index is 159. The van der Waals surface area contributed by atoms with Crippen molar-refractivity contribution in [2.24, 2.45) is 10.8 Å². The smallest absolute Gasteiger partial charge is 0.0148 e. The zero-order valence-corrected chi connectivity index (χ0v) is 7.20. The Morgan fingerprint density at radius 3 is 2.00 bits per heavy atom. The fourth-order valence-corrected chi connectivity index (χ4v) is 1.54. The van der Waals surface area contributed by atoms with Crippen molar-refractivity contribution in [1.82, 2.24) is 0 Å². The first-order chi connectivity index (χ1) is 4.52. The van der Waals surface area contributed by atoms with Crippen molar-refractivity contribution in [3.8, 4) is 12.3 Å². The number of hydrogen-bond acceptors (Lipinski definition) is 0. The SMILES string of the molecule is C#CCC1(C(C)(C)C)CC1. The van der Waals surface area contributed by atoms with Crippen LogP contribution in [0.5, 0.6) is 0 Å². The van der Waals surface area contributed by atoms with E-state index in [1.807, 2.05) is 0 Å². The molecule has 0 spiro atoms. The van der Waals surface area contributed by atoms with E-state index in [-0.39, 0.29) is 0 Å². The third kappa shape index (κ3) is 1.06. The van der Waals surface area contributed by atoms with Gasteiger partial charge in [0.05, 0.1) is 0 Å². The summed E-state index contributed by atoms with van der Waals surface area (Å²) in [6, 6.07) is 0. The van der Waals surface area contributed by atoms with Crippen LogP contribution in [0.1, 0.15) is 40.0 Å². The van der Waals surface area contributed by atoms with Crippen molar-refractivity contribution >= 4 is 0 Å². The van der Waals surface area contributed by atoms with Gasteiger partial charge in [0.25, 0.3) is 0 Å². The van der Waals surface area contributed by atoms with Gasteiger partial charge >= 0.3 is 0 Å².